The van der Waals surface area contributed by atoms with Gasteiger partial charge in [0, 0.05) is 10.9 Å². The summed E-state index contributed by atoms with van der Waals surface area (Å²) in [5, 5.41) is 3.61. The third-order valence-corrected chi connectivity index (χ3v) is 3.82. The molecule has 4 rings (SSSR count). The molecule has 1 aliphatic rings. The van der Waals surface area contributed by atoms with Crippen molar-refractivity contribution >= 4 is 28.3 Å². The van der Waals surface area contributed by atoms with Gasteiger partial charge in [0.05, 0.1) is 5.69 Å². The smallest absolute Gasteiger partial charge is 0.265 e. The number of amides is 1. The number of carbonyl (C=O) groups excluding carboxylic acids is 2. The molecule has 1 amide bonds. The molecule has 114 valence electrons. The fourth-order valence-electron chi connectivity index (χ4n) is 2.59. The summed E-state index contributed by atoms with van der Waals surface area (Å²) in [4.78, 5) is 24.3. The highest BCUT2D eigenvalue weighted by atomic mass is 16.5. The molecule has 5 heteroatoms. The largest absolute Gasteiger partial charge is 0.479 e. The van der Waals surface area contributed by atoms with Crippen LogP contribution in [0, 0.1) is 0 Å². The first kappa shape index (κ1) is 13.6. The van der Waals surface area contributed by atoms with Crippen molar-refractivity contribution in [3.63, 3.8) is 0 Å². The van der Waals surface area contributed by atoms with E-state index in [1.165, 1.54) is 0 Å². The van der Waals surface area contributed by atoms with Gasteiger partial charge in [0.25, 0.3) is 5.91 Å². The lowest BCUT2D eigenvalue weighted by Gasteiger charge is -2.23. The van der Waals surface area contributed by atoms with Gasteiger partial charge in [0.1, 0.15) is 11.3 Å². The molecule has 3 aromatic rings. The number of ketones is 1. The molecule has 2 heterocycles. The lowest BCUT2D eigenvalue weighted by Crippen LogP contribution is -2.34. The molecule has 0 aliphatic carbocycles. The Hall–Kier alpha value is -3.08. The Kier molecular flexibility index (Phi) is 2.94. The number of furan rings is 1. The molecule has 0 saturated heterocycles. The van der Waals surface area contributed by atoms with Crippen LogP contribution in [-0.2, 0) is 4.79 Å². The van der Waals surface area contributed by atoms with Crippen molar-refractivity contribution in [1.82, 2.24) is 0 Å². The number of fused-ring (bicyclic) bond motifs is 2. The van der Waals surface area contributed by atoms with Crippen LogP contribution in [-0.4, -0.2) is 17.8 Å². The van der Waals surface area contributed by atoms with Gasteiger partial charge >= 0.3 is 0 Å². The highest BCUT2D eigenvalue weighted by molar-refractivity contribution is 6.10. The Bertz CT molecular complexity index is 908. The van der Waals surface area contributed by atoms with Gasteiger partial charge in [-0.1, -0.05) is 18.2 Å². The fourth-order valence-corrected chi connectivity index (χ4v) is 2.59. The fraction of sp³-hybridized carbons (Fsp3) is 0.111. The SMILES string of the molecule is C[C@@H]1Oc2ccc(C(=O)c3cc4ccccc4o3)cc2NC1=O. The molecule has 0 unspecified atom stereocenters. The molecule has 0 bridgehead atoms. The van der Waals surface area contributed by atoms with Crippen LogP contribution in [0.5, 0.6) is 5.75 Å². The number of para-hydroxylation sites is 1. The van der Waals surface area contributed by atoms with Crippen molar-refractivity contribution in [3.05, 3.63) is 59.9 Å². The van der Waals surface area contributed by atoms with Gasteiger partial charge in [0.15, 0.2) is 11.9 Å². The van der Waals surface area contributed by atoms with Gasteiger partial charge in [-0.05, 0) is 37.3 Å². The van der Waals surface area contributed by atoms with Gasteiger partial charge in [-0.3, -0.25) is 9.59 Å². The van der Waals surface area contributed by atoms with E-state index in [4.69, 9.17) is 9.15 Å². The maximum Gasteiger partial charge on any atom is 0.265 e. The molecule has 0 saturated carbocycles. The van der Waals surface area contributed by atoms with Crippen molar-refractivity contribution in [2.45, 2.75) is 13.0 Å². The van der Waals surface area contributed by atoms with Crippen LogP contribution in [0.3, 0.4) is 0 Å². The highest BCUT2D eigenvalue weighted by Gasteiger charge is 2.25. The molecular formula is C18H13NO4. The molecule has 0 spiro atoms. The summed E-state index contributed by atoms with van der Waals surface area (Å²) in [7, 11) is 0. The van der Waals surface area contributed by atoms with Crippen molar-refractivity contribution in [2.75, 3.05) is 5.32 Å². The molecular weight excluding hydrogens is 294 g/mol. The maximum absolute atomic E-state index is 12.6. The van der Waals surface area contributed by atoms with Crippen LogP contribution >= 0.6 is 0 Å². The summed E-state index contributed by atoms with van der Waals surface area (Å²) >= 11 is 0. The second-order valence-corrected chi connectivity index (χ2v) is 5.44. The second-order valence-electron chi connectivity index (χ2n) is 5.44. The lowest BCUT2D eigenvalue weighted by atomic mass is 10.1. The van der Waals surface area contributed by atoms with E-state index in [2.05, 4.69) is 5.32 Å². The summed E-state index contributed by atoms with van der Waals surface area (Å²) in [6.45, 7) is 1.67. The predicted molar refractivity (Wildman–Crippen MR) is 84.8 cm³/mol. The average molecular weight is 307 g/mol. The van der Waals surface area contributed by atoms with Gasteiger partial charge in [0.2, 0.25) is 5.78 Å². The standard InChI is InChI=1S/C18H13NO4/c1-10-18(21)19-13-8-12(6-7-15(13)22-10)17(20)16-9-11-4-2-3-5-14(11)23-16/h2-10H,1H3,(H,19,21)/t10-/m0/s1. The summed E-state index contributed by atoms with van der Waals surface area (Å²) in [6.07, 6.45) is -0.542. The predicted octanol–water partition coefficient (Wildman–Crippen LogP) is 3.38. The Balaban J connectivity index is 1.71. The number of anilines is 1. The monoisotopic (exact) mass is 307 g/mol. The molecule has 2 aromatic carbocycles. The zero-order valence-electron chi connectivity index (χ0n) is 12.3. The van der Waals surface area contributed by atoms with Crippen molar-refractivity contribution in [2.24, 2.45) is 0 Å². The second kappa shape index (κ2) is 4.98. The van der Waals surface area contributed by atoms with E-state index in [1.807, 2.05) is 24.3 Å². The van der Waals surface area contributed by atoms with Crippen LogP contribution in [0.15, 0.2) is 52.9 Å². The van der Waals surface area contributed by atoms with Crippen molar-refractivity contribution in [1.29, 1.82) is 0 Å². The normalized spacial score (nSPS) is 16.6. The summed E-state index contributed by atoms with van der Waals surface area (Å²) in [6, 6.07) is 14.1. The first-order valence-electron chi connectivity index (χ1n) is 7.27. The van der Waals surface area contributed by atoms with Crippen LogP contribution in [0.1, 0.15) is 23.0 Å². The molecule has 0 fully saturated rings. The summed E-state index contributed by atoms with van der Waals surface area (Å²) in [5.74, 6) is 0.350. The number of ether oxygens (including phenoxy) is 1. The molecule has 1 atom stereocenters. The minimum Gasteiger partial charge on any atom is -0.479 e. The molecule has 1 aromatic heterocycles. The van der Waals surface area contributed by atoms with Crippen LogP contribution in [0.25, 0.3) is 11.0 Å². The third-order valence-electron chi connectivity index (χ3n) is 3.82. The van der Waals surface area contributed by atoms with Crippen LogP contribution < -0.4 is 10.1 Å². The van der Waals surface area contributed by atoms with E-state index in [-0.39, 0.29) is 17.5 Å². The lowest BCUT2D eigenvalue weighted by molar-refractivity contribution is -0.122. The molecule has 1 N–H and O–H groups in total. The molecule has 0 radical (unpaired) electrons. The number of hydrogen-bond acceptors (Lipinski definition) is 4. The van der Waals surface area contributed by atoms with Crippen LogP contribution in [0.4, 0.5) is 5.69 Å². The Labute approximate surface area is 131 Å². The summed E-state index contributed by atoms with van der Waals surface area (Å²) < 4.78 is 11.1. The van der Waals surface area contributed by atoms with E-state index in [1.54, 1.807) is 31.2 Å². The first-order valence-corrected chi connectivity index (χ1v) is 7.27. The van der Waals surface area contributed by atoms with E-state index in [0.29, 0.717) is 22.6 Å². The number of benzene rings is 2. The van der Waals surface area contributed by atoms with E-state index >= 15 is 0 Å². The number of hydrogen-bond donors (Lipinski definition) is 1. The Morgan fingerprint density at radius 3 is 2.78 bits per heavy atom. The molecule has 1 aliphatic heterocycles. The minimum atomic E-state index is -0.542. The van der Waals surface area contributed by atoms with Crippen molar-refractivity contribution in [3.8, 4) is 5.75 Å². The van der Waals surface area contributed by atoms with E-state index in [9.17, 15) is 9.59 Å². The highest BCUT2D eigenvalue weighted by Crippen LogP contribution is 2.31. The Morgan fingerprint density at radius 2 is 1.96 bits per heavy atom. The quantitative estimate of drug-likeness (QED) is 0.737. The number of nitrogens with one attached hydrogen (secondary N) is 1. The third kappa shape index (κ3) is 2.26. The maximum atomic E-state index is 12.6. The van der Waals surface area contributed by atoms with Gasteiger partial charge in [-0.2, -0.15) is 0 Å². The van der Waals surface area contributed by atoms with E-state index in [0.717, 1.165) is 5.39 Å². The topological polar surface area (TPSA) is 68.5 Å². The van der Waals surface area contributed by atoms with Gasteiger partial charge in [-0.25, -0.2) is 0 Å². The van der Waals surface area contributed by atoms with Gasteiger partial charge in [-0.15, -0.1) is 0 Å². The zero-order valence-corrected chi connectivity index (χ0v) is 12.3. The van der Waals surface area contributed by atoms with Gasteiger partial charge < -0.3 is 14.5 Å². The Morgan fingerprint density at radius 1 is 1.13 bits per heavy atom. The number of rotatable bonds is 2. The minimum absolute atomic E-state index is 0.231. The first-order chi connectivity index (χ1) is 11.1. The van der Waals surface area contributed by atoms with E-state index < -0.39 is 6.10 Å². The van der Waals surface area contributed by atoms with Crippen LogP contribution in [0.2, 0.25) is 0 Å². The van der Waals surface area contributed by atoms with Crippen molar-refractivity contribution < 1.29 is 18.7 Å². The summed E-state index contributed by atoms with van der Waals surface area (Å²) in [5.41, 5.74) is 1.59. The number of carbonyl (C=O) groups is 2. The molecule has 5 nitrogen and oxygen atoms in total. The average Bonchev–Trinajstić information content (AvgIpc) is 2.99. The molecule has 23 heavy (non-hydrogen) atoms. The zero-order chi connectivity index (χ0) is 16.0.